The number of anilines is 1. The lowest BCUT2D eigenvalue weighted by molar-refractivity contribution is 0.513. The van der Waals surface area contributed by atoms with Crippen molar-refractivity contribution in [3.63, 3.8) is 0 Å². The van der Waals surface area contributed by atoms with Crippen molar-refractivity contribution < 1.29 is 0 Å². The zero-order valence-electron chi connectivity index (χ0n) is 11.8. The summed E-state index contributed by atoms with van der Waals surface area (Å²) < 4.78 is 2.26. The number of aryl methyl sites for hydroxylation is 2. The molecule has 0 amide bonds. The molecule has 1 N–H and O–H groups in total. The molecule has 1 aromatic rings. The van der Waals surface area contributed by atoms with E-state index in [-0.39, 0.29) is 0 Å². The number of unbranched alkanes of at least 4 members (excludes halogenated alkanes) is 1. The largest absolute Gasteiger partial charge is 0.356 e. The highest BCUT2D eigenvalue weighted by Gasteiger charge is 2.04. The summed E-state index contributed by atoms with van der Waals surface area (Å²) in [6, 6.07) is 0. The molecule has 1 rings (SSSR count). The van der Waals surface area contributed by atoms with Gasteiger partial charge in [0.15, 0.2) is 0 Å². The molecule has 3 heteroatoms. The van der Waals surface area contributed by atoms with Crippen LogP contribution in [-0.4, -0.2) is 16.1 Å². The predicted octanol–water partition coefficient (Wildman–Crippen LogP) is 3.84. The second kappa shape index (κ2) is 7.36. The summed E-state index contributed by atoms with van der Waals surface area (Å²) in [5.74, 6) is 1.83. The van der Waals surface area contributed by atoms with Crippen molar-refractivity contribution in [2.75, 3.05) is 11.9 Å². The zero-order valence-corrected chi connectivity index (χ0v) is 11.8. The van der Waals surface area contributed by atoms with Crippen LogP contribution < -0.4 is 5.32 Å². The lowest BCUT2D eigenvalue weighted by Crippen LogP contribution is -2.09. The maximum absolute atomic E-state index is 4.53. The summed E-state index contributed by atoms with van der Waals surface area (Å²) >= 11 is 0. The molecule has 0 aliphatic carbocycles. The van der Waals surface area contributed by atoms with Crippen LogP contribution in [0.3, 0.4) is 0 Å². The Bertz CT molecular complexity index is 315. The fraction of sp³-hybridized carbons (Fsp3) is 0.786. The summed E-state index contributed by atoms with van der Waals surface area (Å²) in [6.45, 7) is 10.9. The molecule has 98 valence electrons. The summed E-state index contributed by atoms with van der Waals surface area (Å²) in [4.78, 5) is 4.53. The molecule has 17 heavy (non-hydrogen) atoms. The smallest absolute Gasteiger partial charge is 0.203 e. The lowest BCUT2D eigenvalue weighted by Gasteiger charge is -2.10. The Morgan fingerprint density at radius 2 is 2.12 bits per heavy atom. The van der Waals surface area contributed by atoms with Crippen LogP contribution in [0.25, 0.3) is 0 Å². The van der Waals surface area contributed by atoms with Gasteiger partial charge in [0.05, 0.1) is 5.69 Å². The lowest BCUT2D eigenvalue weighted by atomic mass is 10.1. The van der Waals surface area contributed by atoms with Crippen molar-refractivity contribution in [2.45, 2.75) is 59.9 Å². The van der Waals surface area contributed by atoms with E-state index in [0.29, 0.717) is 0 Å². The fourth-order valence-corrected chi connectivity index (χ4v) is 1.91. The van der Waals surface area contributed by atoms with Gasteiger partial charge in [0.2, 0.25) is 5.95 Å². The summed E-state index contributed by atoms with van der Waals surface area (Å²) in [7, 11) is 0. The molecule has 0 bridgehead atoms. The molecular formula is C14H27N3. The van der Waals surface area contributed by atoms with Gasteiger partial charge in [-0.05, 0) is 32.1 Å². The zero-order chi connectivity index (χ0) is 12.7. The molecule has 0 unspecified atom stereocenters. The van der Waals surface area contributed by atoms with Crippen molar-refractivity contribution in [3.05, 3.63) is 11.9 Å². The van der Waals surface area contributed by atoms with Crippen LogP contribution in [0.1, 0.15) is 52.1 Å². The molecule has 0 aliphatic heterocycles. The molecule has 0 aromatic carbocycles. The predicted molar refractivity (Wildman–Crippen MR) is 74.4 cm³/mol. The molecule has 0 aliphatic rings. The number of imidazole rings is 1. The molecular weight excluding hydrogens is 210 g/mol. The van der Waals surface area contributed by atoms with Gasteiger partial charge in [-0.1, -0.05) is 27.2 Å². The van der Waals surface area contributed by atoms with Crippen LogP contribution in [0.2, 0.25) is 0 Å². The standard InChI is InChI=1S/C14H27N3/c1-5-6-9-15-14-16-13(4)11-17(14)10-7-8-12(2)3/h11-12H,5-10H2,1-4H3,(H,15,16). The normalized spacial score (nSPS) is 11.1. The van der Waals surface area contributed by atoms with Crippen molar-refractivity contribution >= 4 is 5.95 Å². The minimum absolute atomic E-state index is 0.788. The van der Waals surface area contributed by atoms with E-state index >= 15 is 0 Å². The van der Waals surface area contributed by atoms with E-state index in [1.165, 1.54) is 25.7 Å². The van der Waals surface area contributed by atoms with E-state index in [9.17, 15) is 0 Å². The van der Waals surface area contributed by atoms with Gasteiger partial charge < -0.3 is 9.88 Å². The van der Waals surface area contributed by atoms with E-state index < -0.39 is 0 Å². The van der Waals surface area contributed by atoms with Crippen LogP contribution >= 0.6 is 0 Å². The first-order valence-electron chi connectivity index (χ1n) is 6.91. The monoisotopic (exact) mass is 237 g/mol. The molecule has 3 nitrogen and oxygen atoms in total. The Kier molecular flexibility index (Phi) is 6.09. The van der Waals surface area contributed by atoms with Gasteiger partial charge in [-0.25, -0.2) is 4.98 Å². The number of aromatic nitrogens is 2. The van der Waals surface area contributed by atoms with Crippen molar-refractivity contribution in [3.8, 4) is 0 Å². The number of nitrogens with zero attached hydrogens (tertiary/aromatic N) is 2. The molecule has 0 spiro atoms. The first-order valence-corrected chi connectivity index (χ1v) is 6.91. The van der Waals surface area contributed by atoms with Gasteiger partial charge in [0.25, 0.3) is 0 Å². The Morgan fingerprint density at radius 3 is 2.76 bits per heavy atom. The fourth-order valence-electron chi connectivity index (χ4n) is 1.91. The Balaban J connectivity index is 2.45. The van der Waals surface area contributed by atoms with Crippen molar-refractivity contribution in [1.82, 2.24) is 9.55 Å². The average molecular weight is 237 g/mol. The third-order valence-electron chi connectivity index (χ3n) is 2.89. The molecule has 1 heterocycles. The molecule has 0 radical (unpaired) electrons. The minimum Gasteiger partial charge on any atom is -0.356 e. The molecule has 0 saturated carbocycles. The van der Waals surface area contributed by atoms with Gasteiger partial charge in [-0.2, -0.15) is 0 Å². The minimum atomic E-state index is 0.788. The van der Waals surface area contributed by atoms with Crippen LogP contribution in [0.4, 0.5) is 5.95 Å². The quantitative estimate of drug-likeness (QED) is 0.696. The van der Waals surface area contributed by atoms with Crippen LogP contribution in [0.5, 0.6) is 0 Å². The number of hydrogen-bond acceptors (Lipinski definition) is 2. The third kappa shape index (κ3) is 5.24. The second-order valence-electron chi connectivity index (χ2n) is 5.22. The second-order valence-corrected chi connectivity index (χ2v) is 5.22. The van der Waals surface area contributed by atoms with Gasteiger partial charge in [-0.3, -0.25) is 0 Å². The van der Waals surface area contributed by atoms with E-state index in [0.717, 1.165) is 30.6 Å². The van der Waals surface area contributed by atoms with Crippen molar-refractivity contribution in [1.29, 1.82) is 0 Å². The highest BCUT2D eigenvalue weighted by atomic mass is 15.2. The molecule has 0 saturated heterocycles. The Hall–Kier alpha value is -0.990. The SMILES string of the molecule is CCCCNc1nc(C)cn1CCCC(C)C. The first-order chi connectivity index (χ1) is 8.13. The maximum Gasteiger partial charge on any atom is 0.203 e. The van der Waals surface area contributed by atoms with Crippen LogP contribution in [-0.2, 0) is 6.54 Å². The van der Waals surface area contributed by atoms with E-state index in [1.807, 2.05) is 0 Å². The summed E-state index contributed by atoms with van der Waals surface area (Å²) in [6.07, 6.45) is 7.09. The third-order valence-corrected chi connectivity index (χ3v) is 2.89. The van der Waals surface area contributed by atoms with Crippen LogP contribution in [0, 0.1) is 12.8 Å². The van der Waals surface area contributed by atoms with Gasteiger partial charge >= 0.3 is 0 Å². The van der Waals surface area contributed by atoms with Gasteiger partial charge in [0, 0.05) is 19.3 Å². The Morgan fingerprint density at radius 1 is 1.35 bits per heavy atom. The molecule has 0 fully saturated rings. The number of rotatable bonds is 8. The average Bonchev–Trinajstić information content (AvgIpc) is 2.59. The van der Waals surface area contributed by atoms with E-state index in [1.54, 1.807) is 0 Å². The highest BCUT2D eigenvalue weighted by Crippen LogP contribution is 2.12. The number of hydrogen-bond donors (Lipinski definition) is 1. The first kappa shape index (κ1) is 14.1. The Labute approximate surface area is 106 Å². The maximum atomic E-state index is 4.53. The molecule has 0 atom stereocenters. The van der Waals surface area contributed by atoms with Crippen LogP contribution in [0.15, 0.2) is 6.20 Å². The van der Waals surface area contributed by atoms with E-state index in [4.69, 9.17) is 0 Å². The molecule has 1 aromatic heterocycles. The van der Waals surface area contributed by atoms with Gasteiger partial charge in [-0.15, -0.1) is 0 Å². The topological polar surface area (TPSA) is 29.9 Å². The highest BCUT2D eigenvalue weighted by molar-refractivity contribution is 5.28. The van der Waals surface area contributed by atoms with Gasteiger partial charge in [0.1, 0.15) is 0 Å². The van der Waals surface area contributed by atoms with Crippen molar-refractivity contribution in [2.24, 2.45) is 5.92 Å². The van der Waals surface area contributed by atoms with E-state index in [2.05, 4.69) is 48.8 Å². The summed E-state index contributed by atoms with van der Waals surface area (Å²) in [5.41, 5.74) is 1.11. The number of nitrogens with one attached hydrogen (secondary N) is 1. The summed E-state index contributed by atoms with van der Waals surface area (Å²) in [5, 5.41) is 3.42.